The molecule has 11 heteroatoms. The summed E-state index contributed by atoms with van der Waals surface area (Å²) in [5.41, 5.74) is 0.907. The molecule has 3 aromatic carbocycles. The highest BCUT2D eigenvalue weighted by Crippen LogP contribution is 2.43. The highest BCUT2D eigenvalue weighted by molar-refractivity contribution is 5.75. The van der Waals surface area contributed by atoms with E-state index in [0.29, 0.717) is 68.7 Å². The Morgan fingerprint density at radius 2 is 1.72 bits per heavy atom. The number of phenols is 1. The summed E-state index contributed by atoms with van der Waals surface area (Å²) in [4.78, 5) is 10.7. The van der Waals surface area contributed by atoms with Gasteiger partial charge in [-0.1, -0.05) is 49.2 Å². The van der Waals surface area contributed by atoms with Gasteiger partial charge in [-0.25, -0.2) is 0 Å². The molecule has 288 valence electrons. The van der Waals surface area contributed by atoms with E-state index in [2.05, 4.69) is 22.8 Å². The second-order valence-electron chi connectivity index (χ2n) is 15.1. The number of ether oxygens (including phenoxy) is 4. The largest absolute Gasteiger partial charge is 0.506 e. The van der Waals surface area contributed by atoms with E-state index < -0.39 is 11.7 Å². The van der Waals surface area contributed by atoms with Crippen molar-refractivity contribution in [1.82, 2.24) is 5.32 Å². The number of phenolic OH excluding ortho intramolecular Hbond substituents is 1. The zero-order chi connectivity index (χ0) is 37.1. The number of aliphatic hydroxyl groups excluding tert-OH is 1. The Balaban J connectivity index is 0.911. The van der Waals surface area contributed by atoms with Crippen LogP contribution in [0, 0.1) is 11.8 Å². The second kappa shape index (κ2) is 18.4. The molecule has 11 nitrogen and oxygen atoms in total. The molecule has 7 rings (SSSR count). The summed E-state index contributed by atoms with van der Waals surface area (Å²) >= 11 is 0. The molecule has 5 N–H and O–H groups in total. The van der Waals surface area contributed by atoms with E-state index >= 15 is 0 Å². The molecule has 53 heavy (non-hydrogen) atoms. The minimum Gasteiger partial charge on any atom is -0.506 e. The molecule has 3 aliphatic heterocycles. The van der Waals surface area contributed by atoms with Crippen LogP contribution in [0.5, 0.6) is 23.0 Å². The molecule has 4 fully saturated rings. The van der Waals surface area contributed by atoms with Gasteiger partial charge in [-0.2, -0.15) is 0 Å². The molecule has 0 aromatic heterocycles. The van der Waals surface area contributed by atoms with Crippen LogP contribution in [0.4, 0.5) is 5.69 Å². The molecule has 0 spiro atoms. The van der Waals surface area contributed by atoms with Crippen LogP contribution in [0.3, 0.4) is 0 Å². The van der Waals surface area contributed by atoms with Crippen molar-refractivity contribution in [3.8, 4) is 23.0 Å². The Hall–Kier alpha value is -3.87. The molecule has 1 amide bonds. The Morgan fingerprint density at radius 3 is 2.47 bits per heavy atom. The van der Waals surface area contributed by atoms with Gasteiger partial charge in [-0.15, -0.1) is 0 Å². The first-order valence-electron chi connectivity index (χ1n) is 19.4. The number of fused-ring (bicyclic) bond motifs is 3. The number of carbonyl (C=O) groups excluding carboxylic acids is 1. The number of hydrogen-bond donors (Lipinski definition) is 5. The van der Waals surface area contributed by atoms with Crippen molar-refractivity contribution in [2.24, 2.45) is 11.8 Å². The molecule has 4 aliphatic rings. The lowest BCUT2D eigenvalue weighted by molar-refractivity contribution is -0.946. The summed E-state index contributed by atoms with van der Waals surface area (Å²) in [5, 5.41) is 38.0. The zero-order valence-corrected chi connectivity index (χ0v) is 31.1. The number of aliphatic hydroxyl groups is 2. The molecular formula is C42H58N3O8+. The number of nitrogens with zero attached hydrogens (tertiary/aromatic N) is 1. The summed E-state index contributed by atoms with van der Waals surface area (Å²) in [6.07, 6.45) is 8.37. The molecule has 1 aliphatic carbocycles. The number of methoxy groups -OCH3 is 1. The van der Waals surface area contributed by atoms with Crippen LogP contribution in [0.25, 0.3) is 0 Å². The number of benzene rings is 3. The van der Waals surface area contributed by atoms with Crippen LogP contribution in [-0.4, -0.2) is 98.5 Å². The van der Waals surface area contributed by atoms with Gasteiger partial charge in [-0.3, -0.25) is 4.79 Å². The summed E-state index contributed by atoms with van der Waals surface area (Å²) in [7, 11) is 1.62. The second-order valence-corrected chi connectivity index (χ2v) is 15.1. The number of anilines is 1. The fraction of sp³-hybridized carbons (Fsp3) is 0.548. The topological polar surface area (TPSA) is 139 Å². The number of aromatic hydroxyl groups is 1. The number of quaternary nitrogens is 1. The molecule has 0 radical (unpaired) electrons. The summed E-state index contributed by atoms with van der Waals surface area (Å²) in [6.45, 7) is 6.83. The van der Waals surface area contributed by atoms with Crippen molar-refractivity contribution in [3.63, 3.8) is 0 Å². The number of amides is 1. The maximum Gasteiger partial charge on any atom is 0.211 e. The number of nitrogens with one attached hydrogen (secondary N) is 2. The van der Waals surface area contributed by atoms with Crippen molar-refractivity contribution in [2.75, 3.05) is 71.5 Å². The van der Waals surface area contributed by atoms with E-state index in [1.54, 1.807) is 19.2 Å². The van der Waals surface area contributed by atoms with Crippen molar-refractivity contribution in [3.05, 3.63) is 77.9 Å². The Morgan fingerprint density at radius 1 is 0.943 bits per heavy atom. The van der Waals surface area contributed by atoms with Crippen LogP contribution in [0.1, 0.15) is 68.6 Å². The molecule has 3 atom stereocenters. The summed E-state index contributed by atoms with van der Waals surface area (Å²) in [5.74, 6) is 2.78. The highest BCUT2D eigenvalue weighted by atomic mass is 16.5. The molecule has 3 aromatic rings. The van der Waals surface area contributed by atoms with Gasteiger partial charge in [0.2, 0.25) is 6.41 Å². The van der Waals surface area contributed by atoms with E-state index in [9.17, 15) is 20.1 Å². The van der Waals surface area contributed by atoms with Gasteiger partial charge in [0.15, 0.2) is 11.5 Å². The third-order valence-electron chi connectivity index (χ3n) is 11.8. The molecule has 2 bridgehead atoms. The Bertz CT molecular complexity index is 1590. The number of rotatable bonds is 21. The third kappa shape index (κ3) is 9.82. The zero-order valence-electron chi connectivity index (χ0n) is 31.1. The average molecular weight is 733 g/mol. The third-order valence-corrected chi connectivity index (χ3v) is 11.8. The van der Waals surface area contributed by atoms with Crippen LogP contribution >= 0.6 is 0 Å². The monoisotopic (exact) mass is 732 g/mol. The van der Waals surface area contributed by atoms with E-state index in [-0.39, 0.29) is 23.5 Å². The van der Waals surface area contributed by atoms with Crippen LogP contribution in [0.2, 0.25) is 0 Å². The van der Waals surface area contributed by atoms with Crippen LogP contribution in [0.15, 0.2) is 66.7 Å². The van der Waals surface area contributed by atoms with Gasteiger partial charge >= 0.3 is 0 Å². The Labute approximate surface area is 313 Å². The van der Waals surface area contributed by atoms with E-state index in [0.717, 1.165) is 48.1 Å². The quantitative estimate of drug-likeness (QED) is 0.0414. The van der Waals surface area contributed by atoms with E-state index in [1.165, 1.54) is 44.8 Å². The smallest absolute Gasteiger partial charge is 0.211 e. The van der Waals surface area contributed by atoms with Crippen LogP contribution in [-0.2, 0) is 15.1 Å². The minimum atomic E-state index is -0.925. The number of hydrogen-bond acceptors (Lipinski definition) is 9. The first-order valence-corrected chi connectivity index (χ1v) is 19.4. The van der Waals surface area contributed by atoms with Crippen LogP contribution < -0.4 is 24.8 Å². The lowest BCUT2D eigenvalue weighted by Crippen LogP contribution is -2.65. The van der Waals surface area contributed by atoms with Crippen molar-refractivity contribution < 1.29 is 43.5 Å². The SMILES string of the molecule is COc1cc(OCCC[N+]23CCC(CC2)[C@@H](OC[C@@](O)(c2ccccc2)C2CCCC2)C3)ccc1OCCCNC[C@H](O)c1ccc(O)c(NC=O)c1. The van der Waals surface area contributed by atoms with Gasteiger partial charge in [0.25, 0.3) is 0 Å². The molecule has 3 heterocycles. The first-order chi connectivity index (χ1) is 25.8. The first kappa shape index (κ1) is 38.8. The molecule has 1 saturated carbocycles. The predicted molar refractivity (Wildman–Crippen MR) is 203 cm³/mol. The highest BCUT2D eigenvalue weighted by Gasteiger charge is 2.48. The van der Waals surface area contributed by atoms with E-state index in [4.69, 9.17) is 18.9 Å². The molecule has 0 unspecified atom stereocenters. The summed E-state index contributed by atoms with van der Waals surface area (Å²) < 4.78 is 25.6. The lowest BCUT2D eigenvalue weighted by atomic mass is 9.80. The number of carbonyl (C=O) groups is 1. The normalized spacial score (nSPS) is 22.9. The number of piperidine rings is 3. The Kier molecular flexibility index (Phi) is 13.5. The minimum absolute atomic E-state index is 0.0570. The van der Waals surface area contributed by atoms with Gasteiger partial charge in [-0.05, 0) is 67.1 Å². The van der Waals surface area contributed by atoms with Gasteiger partial charge in [0.1, 0.15) is 29.7 Å². The van der Waals surface area contributed by atoms with Crippen molar-refractivity contribution in [2.45, 2.75) is 69.2 Å². The van der Waals surface area contributed by atoms with Crippen molar-refractivity contribution >= 4 is 12.1 Å². The van der Waals surface area contributed by atoms with Crippen molar-refractivity contribution in [1.29, 1.82) is 0 Å². The summed E-state index contributed by atoms with van der Waals surface area (Å²) in [6, 6.07) is 20.5. The van der Waals surface area contributed by atoms with E-state index in [1.807, 2.05) is 36.4 Å². The maximum atomic E-state index is 12.0. The fourth-order valence-corrected chi connectivity index (χ4v) is 8.65. The van der Waals surface area contributed by atoms with Gasteiger partial charge in [0, 0.05) is 37.8 Å². The van der Waals surface area contributed by atoms with Gasteiger partial charge < -0.3 is 49.4 Å². The maximum absolute atomic E-state index is 12.0. The predicted octanol–water partition coefficient (Wildman–Crippen LogP) is 5.53. The lowest BCUT2D eigenvalue weighted by Gasteiger charge is -2.53. The molecule has 3 saturated heterocycles. The van der Waals surface area contributed by atoms with Gasteiger partial charge in [0.05, 0.1) is 58.4 Å². The fourth-order valence-electron chi connectivity index (χ4n) is 8.65. The average Bonchev–Trinajstić information content (AvgIpc) is 3.75. The standard InChI is InChI=1S/C42H57N3O8/c1-50-40-26-35(14-16-39(40)52-23-7-19-43-27-38(48)32-13-15-37(47)36(25-32)44-30-46)51-24-8-20-45-21-17-31(18-22-45)41(28-45)53-29-42(49,34-11-5-6-12-34)33-9-3-2-4-10-33/h2-4,9-10,13-16,25-26,30-31,34,38,41,43,48-49H,5-8,11-12,17-24,27-29H2,1H3,(H-,44,46,47)/p+1/t31?,38-,41-,42+,45?/m0/s1. The molecular weight excluding hydrogens is 674 g/mol.